The van der Waals surface area contributed by atoms with E-state index in [9.17, 15) is 0 Å². The lowest BCUT2D eigenvalue weighted by Crippen LogP contribution is -2.01. The van der Waals surface area contributed by atoms with E-state index < -0.39 is 0 Å². The van der Waals surface area contributed by atoms with Gasteiger partial charge in [-0.25, -0.2) is 0 Å². The van der Waals surface area contributed by atoms with Crippen LogP contribution in [0.15, 0.2) is 82.8 Å². The van der Waals surface area contributed by atoms with Gasteiger partial charge in [0.1, 0.15) is 11.5 Å². The lowest BCUT2D eigenvalue weighted by atomic mass is 10.2. The Bertz CT molecular complexity index is 810. The van der Waals surface area contributed by atoms with Crippen LogP contribution in [0.3, 0.4) is 0 Å². The van der Waals surface area contributed by atoms with Gasteiger partial charge in [0.25, 0.3) is 0 Å². The highest BCUT2D eigenvalue weighted by Gasteiger charge is 1.95. The monoisotopic (exact) mass is 346 g/mol. The van der Waals surface area contributed by atoms with Gasteiger partial charge in [0.15, 0.2) is 0 Å². The summed E-state index contributed by atoms with van der Waals surface area (Å²) in [5, 5.41) is 0. The smallest absolute Gasteiger partial charge is 0.146 e. The lowest BCUT2D eigenvalue weighted by molar-refractivity contribution is 0.334. The van der Waals surface area contributed by atoms with E-state index in [1.54, 1.807) is 36.7 Å². The summed E-state index contributed by atoms with van der Waals surface area (Å²) in [6, 6.07) is 22.3. The summed E-state index contributed by atoms with van der Waals surface area (Å²) in [5.41, 5.74) is 3.59. The first-order chi connectivity index (χ1) is 12.8. The highest BCUT2D eigenvalue weighted by molar-refractivity contribution is 5.83. The van der Waals surface area contributed by atoms with Gasteiger partial charge >= 0.3 is 0 Å². The maximum Gasteiger partial charge on any atom is 0.146 e. The molecule has 0 heterocycles. The second-order valence-corrected chi connectivity index (χ2v) is 5.41. The Labute approximate surface area is 151 Å². The molecule has 6 heteroatoms. The molecule has 130 valence electrons. The predicted molar refractivity (Wildman–Crippen MR) is 103 cm³/mol. The van der Waals surface area contributed by atoms with Gasteiger partial charge in [-0.2, -0.15) is 11.8 Å². The van der Waals surface area contributed by atoms with Gasteiger partial charge < -0.3 is 9.68 Å². The average Bonchev–Trinajstić information content (AvgIpc) is 2.72. The Morgan fingerprint density at radius 2 is 0.885 bits per heavy atom. The van der Waals surface area contributed by atoms with Gasteiger partial charge in [-0.05, 0) is 83.9 Å². The van der Waals surface area contributed by atoms with Gasteiger partial charge in [0.2, 0.25) is 0 Å². The number of nitrogens with two attached hydrogens (primary N) is 2. The van der Waals surface area contributed by atoms with Crippen LogP contribution in [-0.4, -0.2) is 12.4 Å². The van der Waals surface area contributed by atoms with Crippen molar-refractivity contribution in [3.05, 3.63) is 83.9 Å². The molecule has 0 saturated carbocycles. The Morgan fingerprint density at radius 1 is 0.538 bits per heavy atom. The van der Waals surface area contributed by atoms with Gasteiger partial charge in [-0.1, -0.05) is 0 Å². The van der Waals surface area contributed by atoms with Crippen LogP contribution in [0.5, 0.6) is 11.5 Å². The molecule has 0 radical (unpaired) electrons. The molecule has 3 aromatic carbocycles. The van der Waals surface area contributed by atoms with Crippen LogP contribution in [0.1, 0.15) is 11.1 Å². The number of hydrogen-bond acceptors (Lipinski definition) is 6. The summed E-state index contributed by atoms with van der Waals surface area (Å²) in [5.74, 6) is 11.4. The Hall–Kier alpha value is -3.48. The topological polar surface area (TPSA) is 95.2 Å². The van der Waals surface area contributed by atoms with E-state index in [2.05, 4.69) is 19.7 Å². The number of nitrogens with zero attached hydrogens (tertiary/aromatic N) is 2. The summed E-state index contributed by atoms with van der Waals surface area (Å²) >= 11 is 0. The van der Waals surface area contributed by atoms with Crippen LogP contribution >= 0.6 is 0 Å². The molecule has 3 rings (SSSR count). The Morgan fingerprint density at radius 3 is 1.19 bits per heavy atom. The molecule has 0 unspecified atom stereocenters. The van der Waals surface area contributed by atoms with E-state index in [1.807, 2.05) is 48.5 Å². The van der Waals surface area contributed by atoms with E-state index in [1.165, 1.54) is 0 Å². The molecule has 0 aliphatic rings. The first-order valence-corrected chi connectivity index (χ1v) is 7.88. The average molecular weight is 346 g/mol. The van der Waals surface area contributed by atoms with Crippen LogP contribution in [0, 0.1) is 0 Å². The van der Waals surface area contributed by atoms with Crippen LogP contribution < -0.4 is 21.5 Å². The fraction of sp³-hybridized carbons (Fsp3) is 0. The van der Waals surface area contributed by atoms with Gasteiger partial charge in [-0.3, -0.25) is 9.98 Å². The summed E-state index contributed by atoms with van der Waals surface area (Å²) < 4.78 is 0. The number of hydrogen-bond donors (Lipinski definition) is 2. The largest absolute Gasteiger partial charge is 0.412 e. The fourth-order valence-corrected chi connectivity index (χ4v) is 2.19. The number of rotatable bonds is 6. The molecule has 26 heavy (non-hydrogen) atoms. The molecule has 0 aliphatic heterocycles. The number of aliphatic imine (C=N–C) groups is 2. The SMILES string of the molecule is NOc1ccc(/C=N/c2ccc(/N=C/c3ccc(ON)cc3)cc2)cc1. The minimum atomic E-state index is 0.606. The first-order valence-electron chi connectivity index (χ1n) is 7.88. The molecular formula is C20H18N4O2. The maximum absolute atomic E-state index is 5.10. The highest BCUT2D eigenvalue weighted by Crippen LogP contribution is 2.19. The Kier molecular flexibility index (Phi) is 5.72. The van der Waals surface area contributed by atoms with Crippen molar-refractivity contribution in [3.63, 3.8) is 0 Å². The number of benzene rings is 3. The third kappa shape index (κ3) is 4.76. The van der Waals surface area contributed by atoms with Crippen molar-refractivity contribution in [2.24, 2.45) is 21.8 Å². The lowest BCUT2D eigenvalue weighted by Gasteiger charge is -1.99. The molecule has 0 atom stereocenters. The highest BCUT2D eigenvalue weighted by atomic mass is 16.6. The molecule has 6 nitrogen and oxygen atoms in total. The van der Waals surface area contributed by atoms with Gasteiger partial charge in [-0.15, -0.1) is 0 Å². The normalized spacial score (nSPS) is 11.2. The summed E-state index contributed by atoms with van der Waals surface area (Å²) in [4.78, 5) is 18.2. The third-order valence-electron chi connectivity index (χ3n) is 3.61. The Balaban J connectivity index is 1.63. The summed E-state index contributed by atoms with van der Waals surface area (Å²) in [7, 11) is 0. The minimum absolute atomic E-state index is 0.606. The summed E-state index contributed by atoms with van der Waals surface area (Å²) in [6.45, 7) is 0. The van der Waals surface area contributed by atoms with Crippen molar-refractivity contribution in [1.29, 1.82) is 0 Å². The van der Waals surface area contributed by atoms with Crippen molar-refractivity contribution in [3.8, 4) is 11.5 Å². The minimum Gasteiger partial charge on any atom is -0.412 e. The third-order valence-corrected chi connectivity index (χ3v) is 3.61. The van der Waals surface area contributed by atoms with Gasteiger partial charge in [0.05, 0.1) is 11.4 Å². The van der Waals surface area contributed by atoms with Crippen molar-refractivity contribution >= 4 is 23.8 Å². The molecule has 0 aromatic heterocycles. The molecule has 0 saturated heterocycles. The predicted octanol–water partition coefficient (Wildman–Crippen LogP) is 3.69. The first kappa shape index (κ1) is 17.3. The standard InChI is InChI=1S/C20H18N4O2/c21-25-19-9-1-15(2-10-19)13-23-17-5-7-18(8-6-17)24-14-16-3-11-20(26-22)12-4-16/h1-14H,21-22H2/b23-13+,24-14+. The molecule has 3 aromatic rings. The van der Waals surface area contributed by atoms with Crippen molar-refractivity contribution in [2.75, 3.05) is 0 Å². The molecule has 0 bridgehead atoms. The van der Waals surface area contributed by atoms with E-state index in [4.69, 9.17) is 11.8 Å². The summed E-state index contributed by atoms with van der Waals surface area (Å²) in [6.07, 6.45) is 3.55. The van der Waals surface area contributed by atoms with Crippen LogP contribution in [0.25, 0.3) is 0 Å². The van der Waals surface area contributed by atoms with E-state index in [0.717, 1.165) is 22.5 Å². The second kappa shape index (κ2) is 8.57. The zero-order valence-electron chi connectivity index (χ0n) is 13.9. The van der Waals surface area contributed by atoms with Gasteiger partial charge in [0, 0.05) is 12.4 Å². The van der Waals surface area contributed by atoms with Crippen LogP contribution in [0.4, 0.5) is 11.4 Å². The molecular weight excluding hydrogens is 328 g/mol. The molecule has 4 N–H and O–H groups in total. The molecule has 0 aliphatic carbocycles. The maximum atomic E-state index is 5.10. The van der Waals surface area contributed by atoms with Crippen molar-refractivity contribution in [1.82, 2.24) is 0 Å². The zero-order valence-corrected chi connectivity index (χ0v) is 13.9. The molecule has 0 amide bonds. The van der Waals surface area contributed by atoms with Crippen LogP contribution in [-0.2, 0) is 0 Å². The molecule has 0 spiro atoms. The molecule has 0 fully saturated rings. The van der Waals surface area contributed by atoms with E-state index in [0.29, 0.717) is 11.5 Å². The van der Waals surface area contributed by atoms with E-state index >= 15 is 0 Å². The quantitative estimate of drug-likeness (QED) is 0.525. The second-order valence-electron chi connectivity index (χ2n) is 5.41. The fourth-order valence-electron chi connectivity index (χ4n) is 2.19. The zero-order chi connectivity index (χ0) is 18.2. The van der Waals surface area contributed by atoms with Crippen molar-refractivity contribution < 1.29 is 9.68 Å². The van der Waals surface area contributed by atoms with Crippen molar-refractivity contribution in [2.45, 2.75) is 0 Å². The van der Waals surface area contributed by atoms with E-state index in [-0.39, 0.29) is 0 Å². The van der Waals surface area contributed by atoms with Crippen LogP contribution in [0.2, 0.25) is 0 Å².